The number of aliphatic imine (C=N–C) groups is 1. The largest absolute Gasteiger partial charge is 0.352 e. The Morgan fingerprint density at radius 3 is 2.88 bits per heavy atom. The monoisotopic (exact) mass is 469 g/mol. The lowest BCUT2D eigenvalue weighted by Gasteiger charge is -2.24. The van der Waals surface area contributed by atoms with Crippen molar-refractivity contribution in [1.82, 2.24) is 30.1 Å². The molecular weight excluding hydrogens is 441 g/mol. The molecule has 1 aliphatic carbocycles. The molecule has 2 aromatic heterocycles. The number of guanidine groups is 1. The molecule has 26 heavy (non-hydrogen) atoms. The number of hydrogen-bond acceptors (Lipinski definition) is 4. The molecule has 0 spiro atoms. The molecule has 0 bridgehead atoms. The van der Waals surface area contributed by atoms with Gasteiger partial charge in [0, 0.05) is 38.4 Å². The van der Waals surface area contributed by atoms with Crippen molar-refractivity contribution in [3.05, 3.63) is 30.2 Å². The van der Waals surface area contributed by atoms with E-state index in [1.54, 1.807) is 0 Å². The van der Waals surface area contributed by atoms with Crippen LogP contribution in [0.2, 0.25) is 0 Å². The molecule has 8 heteroatoms. The second kappa shape index (κ2) is 8.98. The molecule has 1 atom stereocenters. The Morgan fingerprint density at radius 2 is 2.08 bits per heavy atom. The molecule has 1 saturated heterocycles. The van der Waals surface area contributed by atoms with Gasteiger partial charge >= 0.3 is 0 Å². The second-order valence-corrected chi connectivity index (χ2v) is 7.03. The van der Waals surface area contributed by atoms with E-state index < -0.39 is 0 Å². The van der Waals surface area contributed by atoms with E-state index in [0.29, 0.717) is 12.6 Å². The van der Waals surface area contributed by atoms with Gasteiger partial charge in [-0.1, -0.05) is 18.9 Å². The molecule has 2 aliphatic rings. The number of halogens is 1. The Labute approximate surface area is 171 Å². The van der Waals surface area contributed by atoms with Gasteiger partial charge < -0.3 is 10.6 Å². The lowest BCUT2D eigenvalue weighted by molar-refractivity contribution is 0.242. The molecule has 0 radical (unpaired) electrons. The first kappa shape index (κ1) is 19.3. The standard InChI is InChI=1S/C18H27N7.HI/c1-19-18(20-12-17-23-22-16-8-4-5-10-25(16)17)21-14-9-11-24(13-14)15-6-2-3-7-15;/h4-5,8,10,14-15H,2-3,6-7,9,11-13H2,1H3,(H2,19,20,21);1H. The third kappa shape index (κ3) is 4.28. The summed E-state index contributed by atoms with van der Waals surface area (Å²) in [5.41, 5.74) is 0.866. The van der Waals surface area contributed by atoms with Gasteiger partial charge in [0.05, 0.1) is 6.54 Å². The number of rotatable bonds is 4. The van der Waals surface area contributed by atoms with Crippen molar-refractivity contribution >= 4 is 35.6 Å². The Morgan fingerprint density at radius 1 is 1.23 bits per heavy atom. The summed E-state index contributed by atoms with van der Waals surface area (Å²) in [6.07, 6.45) is 8.72. The van der Waals surface area contributed by atoms with Crippen LogP contribution in [-0.4, -0.2) is 57.7 Å². The normalized spacial score (nSPS) is 21.9. The zero-order valence-electron chi connectivity index (χ0n) is 15.3. The number of nitrogens with one attached hydrogen (secondary N) is 2. The van der Waals surface area contributed by atoms with E-state index in [9.17, 15) is 0 Å². The van der Waals surface area contributed by atoms with Crippen molar-refractivity contribution in [3.8, 4) is 0 Å². The fraction of sp³-hybridized carbons (Fsp3) is 0.611. The highest BCUT2D eigenvalue weighted by atomic mass is 127. The van der Waals surface area contributed by atoms with Crippen LogP contribution >= 0.6 is 24.0 Å². The Kier molecular flexibility index (Phi) is 6.68. The van der Waals surface area contributed by atoms with E-state index in [0.717, 1.165) is 30.0 Å². The zero-order chi connectivity index (χ0) is 17.1. The van der Waals surface area contributed by atoms with Crippen LogP contribution in [0.15, 0.2) is 29.4 Å². The molecule has 2 N–H and O–H groups in total. The van der Waals surface area contributed by atoms with Gasteiger partial charge in [-0.25, -0.2) is 0 Å². The van der Waals surface area contributed by atoms with E-state index in [1.165, 1.54) is 38.6 Å². The van der Waals surface area contributed by atoms with Gasteiger partial charge in [0.1, 0.15) is 0 Å². The van der Waals surface area contributed by atoms with E-state index in [-0.39, 0.29) is 24.0 Å². The van der Waals surface area contributed by atoms with Crippen LogP contribution in [0.5, 0.6) is 0 Å². The molecule has 7 nitrogen and oxygen atoms in total. The van der Waals surface area contributed by atoms with Crippen LogP contribution in [0, 0.1) is 0 Å². The molecular formula is C18H28IN7. The highest BCUT2D eigenvalue weighted by molar-refractivity contribution is 14.0. The predicted molar refractivity (Wildman–Crippen MR) is 114 cm³/mol. The first-order valence-electron chi connectivity index (χ1n) is 9.33. The summed E-state index contributed by atoms with van der Waals surface area (Å²) in [5, 5.41) is 15.4. The highest BCUT2D eigenvalue weighted by Gasteiger charge is 2.30. The SMILES string of the molecule is CN=C(NCc1nnc2ccccn12)NC1CCN(C2CCCC2)C1.I. The molecule has 2 fully saturated rings. The smallest absolute Gasteiger partial charge is 0.191 e. The number of aromatic nitrogens is 3. The van der Waals surface area contributed by atoms with Crippen LogP contribution in [0.1, 0.15) is 37.9 Å². The lowest BCUT2D eigenvalue weighted by Crippen LogP contribution is -2.45. The summed E-state index contributed by atoms with van der Waals surface area (Å²) >= 11 is 0. The second-order valence-electron chi connectivity index (χ2n) is 7.03. The Balaban J connectivity index is 0.00000196. The van der Waals surface area contributed by atoms with Crippen molar-refractivity contribution in [2.75, 3.05) is 20.1 Å². The van der Waals surface area contributed by atoms with Crippen LogP contribution < -0.4 is 10.6 Å². The maximum atomic E-state index is 4.37. The quantitative estimate of drug-likeness (QED) is 0.408. The third-order valence-electron chi connectivity index (χ3n) is 5.42. The summed E-state index contributed by atoms with van der Waals surface area (Å²) < 4.78 is 2.00. The molecule has 1 saturated carbocycles. The van der Waals surface area contributed by atoms with Crippen LogP contribution in [0.4, 0.5) is 0 Å². The Hall–Kier alpha value is -1.42. The molecule has 0 aromatic carbocycles. The first-order chi connectivity index (χ1) is 12.3. The molecule has 142 valence electrons. The lowest BCUT2D eigenvalue weighted by atomic mass is 10.2. The molecule has 1 aliphatic heterocycles. The van der Waals surface area contributed by atoms with Gasteiger partial charge in [0.15, 0.2) is 17.4 Å². The van der Waals surface area contributed by atoms with Crippen molar-refractivity contribution in [2.24, 2.45) is 4.99 Å². The number of fused-ring (bicyclic) bond motifs is 1. The predicted octanol–water partition coefficient (Wildman–Crippen LogP) is 2.03. The fourth-order valence-electron chi connectivity index (χ4n) is 4.07. The van der Waals surface area contributed by atoms with Crippen molar-refractivity contribution in [2.45, 2.75) is 50.7 Å². The molecule has 1 unspecified atom stereocenters. The topological polar surface area (TPSA) is 69.8 Å². The average molecular weight is 469 g/mol. The van der Waals surface area contributed by atoms with Gasteiger partial charge in [0.2, 0.25) is 0 Å². The summed E-state index contributed by atoms with van der Waals surface area (Å²) in [6.45, 7) is 2.93. The van der Waals surface area contributed by atoms with Crippen LogP contribution in [-0.2, 0) is 6.54 Å². The minimum atomic E-state index is 0. The molecule has 2 aromatic rings. The first-order valence-corrected chi connectivity index (χ1v) is 9.33. The van der Waals surface area contributed by atoms with Crippen molar-refractivity contribution in [3.63, 3.8) is 0 Å². The molecule has 3 heterocycles. The van der Waals surface area contributed by atoms with Gasteiger partial charge in [-0.05, 0) is 31.4 Å². The Bertz CT molecular complexity index is 738. The number of pyridine rings is 1. The minimum Gasteiger partial charge on any atom is -0.352 e. The highest BCUT2D eigenvalue weighted by Crippen LogP contribution is 2.26. The maximum absolute atomic E-state index is 4.37. The zero-order valence-corrected chi connectivity index (χ0v) is 17.6. The third-order valence-corrected chi connectivity index (χ3v) is 5.42. The van der Waals surface area contributed by atoms with Gasteiger partial charge in [-0.2, -0.15) is 0 Å². The number of hydrogen-bond donors (Lipinski definition) is 2. The summed E-state index contributed by atoms with van der Waals surface area (Å²) in [4.78, 5) is 7.03. The number of nitrogens with zero attached hydrogens (tertiary/aromatic N) is 5. The van der Waals surface area contributed by atoms with Gasteiger partial charge in [-0.3, -0.25) is 14.3 Å². The summed E-state index contributed by atoms with van der Waals surface area (Å²) in [7, 11) is 1.82. The van der Waals surface area contributed by atoms with Gasteiger partial charge in [0.25, 0.3) is 0 Å². The van der Waals surface area contributed by atoms with Gasteiger partial charge in [-0.15, -0.1) is 34.2 Å². The summed E-state index contributed by atoms with van der Waals surface area (Å²) in [6, 6.07) is 7.20. The van der Waals surface area contributed by atoms with E-state index in [1.807, 2.05) is 35.8 Å². The summed E-state index contributed by atoms with van der Waals surface area (Å²) in [5.74, 6) is 1.73. The van der Waals surface area contributed by atoms with E-state index in [4.69, 9.17) is 0 Å². The minimum absolute atomic E-state index is 0. The fourth-order valence-corrected chi connectivity index (χ4v) is 4.07. The average Bonchev–Trinajstić information content (AvgIpc) is 3.38. The van der Waals surface area contributed by atoms with Crippen molar-refractivity contribution < 1.29 is 0 Å². The molecule has 4 rings (SSSR count). The van der Waals surface area contributed by atoms with Crippen LogP contribution in [0.25, 0.3) is 5.65 Å². The van der Waals surface area contributed by atoms with Crippen molar-refractivity contribution in [1.29, 1.82) is 0 Å². The maximum Gasteiger partial charge on any atom is 0.191 e. The number of likely N-dealkylation sites (tertiary alicyclic amines) is 1. The van der Waals surface area contributed by atoms with Crippen LogP contribution in [0.3, 0.4) is 0 Å². The van der Waals surface area contributed by atoms with E-state index >= 15 is 0 Å². The molecule has 0 amide bonds. The van der Waals surface area contributed by atoms with E-state index in [2.05, 4.69) is 30.7 Å².